The molecule has 0 saturated carbocycles. The van der Waals surface area contributed by atoms with Crippen LogP contribution in [-0.4, -0.2) is 8.80 Å². The highest BCUT2D eigenvalue weighted by molar-refractivity contribution is 6.79. The Balaban J connectivity index is 1.90. The third kappa shape index (κ3) is 1.98. The molecule has 0 fully saturated rings. The molecule has 0 saturated heterocycles. The summed E-state index contributed by atoms with van der Waals surface area (Å²) in [4.78, 5) is 0. The quantitative estimate of drug-likeness (QED) is 0.701. The molecule has 2 aromatic rings. The smallest absolute Gasteiger partial charge is 0.0724 e. The Morgan fingerprint density at radius 1 is 0.882 bits per heavy atom. The minimum Gasteiger partial charge on any atom is -0.0724 e. The van der Waals surface area contributed by atoms with E-state index in [-0.39, 0.29) is 0 Å². The maximum absolute atomic E-state index is 2.40. The van der Waals surface area contributed by atoms with E-state index in [4.69, 9.17) is 0 Å². The molecule has 0 aliphatic heterocycles. The average molecular weight is 235 g/mol. The van der Waals surface area contributed by atoms with Crippen LogP contribution in [0.5, 0.6) is 0 Å². The van der Waals surface area contributed by atoms with Gasteiger partial charge in [0.05, 0.1) is 0 Å². The van der Waals surface area contributed by atoms with Crippen LogP contribution < -0.4 is 5.19 Å². The molecule has 17 heavy (non-hydrogen) atoms. The van der Waals surface area contributed by atoms with Gasteiger partial charge in [-0.05, 0) is 17.5 Å². The van der Waals surface area contributed by atoms with Gasteiger partial charge in [0.1, 0.15) is 8.80 Å². The first-order valence-electron chi connectivity index (χ1n) is 6.02. The lowest BCUT2D eigenvalue weighted by atomic mass is 10.1. The number of allylic oxidation sites excluding steroid dienone is 1. The fourth-order valence-corrected chi connectivity index (χ4v) is 4.29. The van der Waals surface area contributed by atoms with Gasteiger partial charge in [0, 0.05) is 0 Å². The minimum atomic E-state index is -0.550. The summed E-state index contributed by atoms with van der Waals surface area (Å²) < 4.78 is 0. The van der Waals surface area contributed by atoms with Crippen molar-refractivity contribution < 1.29 is 0 Å². The molecule has 0 heterocycles. The highest BCUT2D eigenvalue weighted by Crippen LogP contribution is 2.25. The fraction of sp³-hybridized carbons (Fsp3) is 0.125. The Hall–Kier alpha value is -1.60. The Kier molecular flexibility index (Phi) is 2.69. The number of rotatable bonds is 2. The summed E-state index contributed by atoms with van der Waals surface area (Å²) in [6.45, 7) is 2.40. The van der Waals surface area contributed by atoms with Crippen LogP contribution in [0.15, 0.2) is 59.8 Å². The van der Waals surface area contributed by atoms with Gasteiger partial charge >= 0.3 is 0 Å². The molecule has 0 aromatic heterocycles. The summed E-state index contributed by atoms with van der Waals surface area (Å²) in [5.41, 5.74) is 2.91. The molecule has 0 unspecified atom stereocenters. The van der Waals surface area contributed by atoms with E-state index in [0.717, 1.165) is 6.42 Å². The molecular formula is C16H15Si. The van der Waals surface area contributed by atoms with Gasteiger partial charge in [-0.2, -0.15) is 0 Å². The largest absolute Gasteiger partial charge is 0.113 e. The average Bonchev–Trinajstić information content (AvgIpc) is 2.82. The molecule has 2 aromatic carbocycles. The molecule has 1 aliphatic carbocycles. The summed E-state index contributed by atoms with van der Waals surface area (Å²) in [7, 11) is -0.550. The van der Waals surface area contributed by atoms with Gasteiger partial charge in [-0.15, -0.1) is 0 Å². The summed E-state index contributed by atoms with van der Waals surface area (Å²) in [5.74, 6) is 0. The Bertz CT molecular complexity index is 555. The molecular weight excluding hydrogens is 220 g/mol. The maximum Gasteiger partial charge on any atom is 0.113 e. The summed E-state index contributed by atoms with van der Waals surface area (Å²) >= 11 is 0. The normalized spacial score (nSPS) is 13.6. The van der Waals surface area contributed by atoms with Gasteiger partial charge < -0.3 is 0 Å². The van der Waals surface area contributed by atoms with E-state index in [2.05, 4.69) is 67.2 Å². The predicted octanol–water partition coefficient (Wildman–Crippen LogP) is 3.20. The van der Waals surface area contributed by atoms with Crippen LogP contribution in [0.3, 0.4) is 0 Å². The molecule has 0 spiro atoms. The van der Waals surface area contributed by atoms with Gasteiger partial charge in [-0.1, -0.05) is 77.6 Å². The SMILES string of the molecule is C[Si](C1=Cc2ccccc2C1)c1ccccc1. The van der Waals surface area contributed by atoms with Crippen molar-refractivity contribution in [2.45, 2.75) is 13.0 Å². The van der Waals surface area contributed by atoms with E-state index in [1.165, 1.54) is 16.3 Å². The van der Waals surface area contributed by atoms with Crippen LogP contribution in [0.2, 0.25) is 6.55 Å². The Morgan fingerprint density at radius 3 is 2.35 bits per heavy atom. The Labute approximate surface area is 104 Å². The van der Waals surface area contributed by atoms with E-state index in [9.17, 15) is 0 Å². The molecule has 83 valence electrons. The highest BCUT2D eigenvalue weighted by Gasteiger charge is 2.19. The van der Waals surface area contributed by atoms with E-state index in [1.807, 2.05) is 0 Å². The number of benzene rings is 2. The van der Waals surface area contributed by atoms with E-state index >= 15 is 0 Å². The third-order valence-electron chi connectivity index (χ3n) is 3.45. The molecule has 1 radical (unpaired) electrons. The molecule has 0 N–H and O–H groups in total. The summed E-state index contributed by atoms with van der Waals surface area (Å²) in [6.07, 6.45) is 3.55. The molecule has 3 rings (SSSR count). The fourth-order valence-electron chi connectivity index (χ4n) is 2.39. The van der Waals surface area contributed by atoms with Gasteiger partial charge in [0.15, 0.2) is 0 Å². The lowest BCUT2D eigenvalue weighted by Crippen LogP contribution is -2.28. The Morgan fingerprint density at radius 2 is 1.59 bits per heavy atom. The lowest BCUT2D eigenvalue weighted by molar-refractivity contribution is 1.28. The standard InChI is InChI=1S/C16H15Si/c1-17(15-9-3-2-4-10-15)16-11-13-7-5-6-8-14(13)12-16/h2-11H,12H2,1H3. The van der Waals surface area contributed by atoms with Crippen LogP contribution >= 0.6 is 0 Å². The van der Waals surface area contributed by atoms with Crippen LogP contribution in [0.1, 0.15) is 11.1 Å². The first kappa shape index (κ1) is 10.5. The summed E-state index contributed by atoms with van der Waals surface area (Å²) in [6, 6.07) is 19.6. The number of hydrogen-bond acceptors (Lipinski definition) is 0. The zero-order valence-electron chi connectivity index (χ0n) is 9.98. The third-order valence-corrected chi connectivity index (χ3v) is 5.94. The molecule has 0 bridgehead atoms. The maximum atomic E-state index is 2.40. The van der Waals surface area contributed by atoms with Crippen molar-refractivity contribution >= 4 is 20.1 Å². The van der Waals surface area contributed by atoms with Crippen LogP contribution in [0.4, 0.5) is 0 Å². The van der Waals surface area contributed by atoms with Crippen LogP contribution in [0.25, 0.3) is 6.08 Å². The van der Waals surface area contributed by atoms with Gasteiger partial charge in [0.2, 0.25) is 0 Å². The van der Waals surface area contributed by atoms with Crippen molar-refractivity contribution in [1.29, 1.82) is 0 Å². The monoisotopic (exact) mass is 235 g/mol. The predicted molar refractivity (Wildman–Crippen MR) is 75.8 cm³/mol. The minimum absolute atomic E-state index is 0.550. The second-order valence-electron chi connectivity index (χ2n) is 4.54. The van der Waals surface area contributed by atoms with Crippen molar-refractivity contribution in [2.24, 2.45) is 0 Å². The van der Waals surface area contributed by atoms with E-state index in [1.54, 1.807) is 5.20 Å². The van der Waals surface area contributed by atoms with Crippen molar-refractivity contribution in [2.75, 3.05) is 0 Å². The lowest BCUT2D eigenvalue weighted by Gasteiger charge is -2.10. The zero-order valence-corrected chi connectivity index (χ0v) is 11.0. The number of hydrogen-bond donors (Lipinski definition) is 0. The van der Waals surface area contributed by atoms with Crippen molar-refractivity contribution in [3.05, 3.63) is 70.9 Å². The van der Waals surface area contributed by atoms with E-state index in [0.29, 0.717) is 0 Å². The molecule has 0 amide bonds. The second-order valence-corrected chi connectivity index (χ2v) is 7.01. The van der Waals surface area contributed by atoms with Crippen molar-refractivity contribution in [3.8, 4) is 0 Å². The van der Waals surface area contributed by atoms with Crippen molar-refractivity contribution in [1.82, 2.24) is 0 Å². The summed E-state index contributed by atoms with van der Waals surface area (Å²) in [5, 5.41) is 3.14. The first-order chi connectivity index (χ1) is 8.34. The van der Waals surface area contributed by atoms with Gasteiger partial charge in [-0.25, -0.2) is 0 Å². The van der Waals surface area contributed by atoms with Crippen molar-refractivity contribution in [3.63, 3.8) is 0 Å². The molecule has 0 atom stereocenters. The molecule has 1 aliphatic rings. The second kappa shape index (κ2) is 4.34. The molecule has 1 heteroatoms. The highest BCUT2D eigenvalue weighted by atomic mass is 28.3. The van der Waals surface area contributed by atoms with Gasteiger partial charge in [0.25, 0.3) is 0 Å². The molecule has 0 nitrogen and oxygen atoms in total. The van der Waals surface area contributed by atoms with Crippen LogP contribution in [-0.2, 0) is 6.42 Å². The van der Waals surface area contributed by atoms with Crippen LogP contribution in [0, 0.1) is 0 Å². The zero-order chi connectivity index (χ0) is 11.7. The number of fused-ring (bicyclic) bond motifs is 1. The first-order valence-corrected chi connectivity index (χ1v) is 8.02. The van der Waals surface area contributed by atoms with Gasteiger partial charge in [-0.3, -0.25) is 0 Å². The van der Waals surface area contributed by atoms with E-state index < -0.39 is 8.80 Å². The topological polar surface area (TPSA) is 0 Å².